The summed E-state index contributed by atoms with van der Waals surface area (Å²) in [5.41, 5.74) is 21.6. The van der Waals surface area contributed by atoms with Gasteiger partial charge in [-0.2, -0.15) is 0 Å². The average molecular weight is 1350 g/mol. The number of benzene rings is 16. The van der Waals surface area contributed by atoms with E-state index in [0.717, 1.165) is 129 Å². The van der Waals surface area contributed by atoms with Crippen molar-refractivity contribution in [2.45, 2.75) is 10.8 Å². The summed E-state index contributed by atoms with van der Waals surface area (Å²) in [6.07, 6.45) is 0. The van der Waals surface area contributed by atoms with Crippen LogP contribution in [0.2, 0.25) is 0 Å². The first-order chi connectivity index (χ1) is 52.5. The molecule has 4 heterocycles. The van der Waals surface area contributed by atoms with Gasteiger partial charge in [-0.3, -0.25) is 0 Å². The van der Waals surface area contributed by atoms with Gasteiger partial charge in [-0.05, 0) is 130 Å². The monoisotopic (exact) mass is 1350 g/mol. The molecule has 0 N–H and O–H groups in total. The second-order valence-corrected chi connectivity index (χ2v) is 27.8. The average Bonchev–Trinajstić information content (AvgIpc) is 1.49. The smallest absolute Gasteiger partial charge is 0.164 e. The van der Waals surface area contributed by atoms with Crippen molar-refractivity contribution in [2.24, 2.45) is 0 Å². The number of hydrogen-bond acceptors (Lipinski definition) is 8. The van der Waals surface area contributed by atoms with Crippen molar-refractivity contribution >= 4 is 32.3 Å². The minimum Gasteiger partial charge on any atom is -0.457 e. The van der Waals surface area contributed by atoms with E-state index in [1.807, 2.05) is 60.7 Å². The van der Waals surface area contributed by atoms with Gasteiger partial charge in [0.2, 0.25) is 0 Å². The lowest BCUT2D eigenvalue weighted by Crippen LogP contribution is -2.33. The molecule has 16 aromatic carbocycles. The molecule has 0 fully saturated rings. The van der Waals surface area contributed by atoms with Crippen LogP contribution < -0.4 is 9.47 Å². The van der Waals surface area contributed by atoms with Crippen LogP contribution in [0.3, 0.4) is 0 Å². The highest BCUT2D eigenvalue weighted by Crippen LogP contribution is 2.66. The summed E-state index contributed by atoms with van der Waals surface area (Å²) >= 11 is 0. The highest BCUT2D eigenvalue weighted by atomic mass is 16.5. The number of ether oxygens (including phenoxy) is 2. The standard InChI is InChI=1S/C98H58N6O2/c1-3-24-60(25-4-1)91-99-92(61-26-5-2-6-27-61)104-96(103-91)76-38-23-47-88-89(76)98(84-43-18-19-45-86(84)105-88)81-41-16-13-36-75(81)78-57-64(53-55-82(78)98)63-28-21-29-65(56-63)94-100-93(101-95(102-94)66-52-54-72-70-32-8-7-30-68(70)69-31-9-10-33-71(69)77(72)58-66)62-50-48-59(49-51-62)67-37-22-44-85-90(67)106-87-46-20-17-42-83(87)97(85)79-39-14-11-34-73(79)74-35-12-15-40-80(74)97/h1-58H. The summed E-state index contributed by atoms with van der Waals surface area (Å²) in [7, 11) is 0. The minimum atomic E-state index is -0.851. The fourth-order valence-corrected chi connectivity index (χ4v) is 17.8. The summed E-state index contributed by atoms with van der Waals surface area (Å²) in [4.78, 5) is 32.2. The van der Waals surface area contributed by atoms with E-state index in [4.69, 9.17) is 39.4 Å². The Morgan fingerprint density at radius 2 is 0.538 bits per heavy atom. The maximum atomic E-state index is 7.14. The van der Waals surface area contributed by atoms with E-state index >= 15 is 0 Å². The fourth-order valence-electron chi connectivity index (χ4n) is 17.8. The molecule has 18 aromatic rings. The molecule has 1 unspecified atom stereocenters. The molecule has 2 aromatic heterocycles. The lowest BCUT2D eigenvalue weighted by atomic mass is 9.64. The molecule has 492 valence electrons. The second-order valence-electron chi connectivity index (χ2n) is 27.8. The number of hydrogen-bond donors (Lipinski definition) is 0. The molecular formula is C98H58N6O2. The van der Waals surface area contributed by atoms with E-state index in [9.17, 15) is 0 Å². The van der Waals surface area contributed by atoms with Gasteiger partial charge < -0.3 is 9.47 Å². The zero-order valence-corrected chi connectivity index (χ0v) is 57.0. The van der Waals surface area contributed by atoms with Gasteiger partial charge in [0.05, 0.1) is 10.8 Å². The molecule has 2 aliphatic heterocycles. The van der Waals surface area contributed by atoms with Crippen molar-refractivity contribution in [3.05, 3.63) is 396 Å². The number of rotatable bonds is 8. The van der Waals surface area contributed by atoms with Gasteiger partial charge in [0.15, 0.2) is 34.9 Å². The third-order valence-electron chi connectivity index (χ3n) is 22.3. The van der Waals surface area contributed by atoms with Gasteiger partial charge in [0.1, 0.15) is 23.0 Å². The SMILES string of the molecule is c1ccc(-c2nc(-c3ccccc3)nc(-c3cccc4c3C3(c5ccccc5O4)c4ccccc4-c4cc(-c5cccc(-c6nc(-c7ccc(-c8cccc9c8Oc8ccccc8C98c9ccccc9-c9ccccc98)cc7)nc(-c7ccc8c9ccccc9c9ccccc9c8c7)n6)c5)ccc43)n2)cc1. The van der Waals surface area contributed by atoms with E-state index < -0.39 is 10.8 Å². The van der Waals surface area contributed by atoms with Gasteiger partial charge >= 0.3 is 0 Å². The fraction of sp³-hybridized carbons (Fsp3) is 0.0204. The maximum absolute atomic E-state index is 7.14. The maximum Gasteiger partial charge on any atom is 0.164 e. The first kappa shape index (κ1) is 59.6. The number of fused-ring (bicyclic) bond motifs is 24. The minimum absolute atomic E-state index is 0.554. The number of aromatic nitrogens is 6. The van der Waals surface area contributed by atoms with Gasteiger partial charge in [-0.15, -0.1) is 0 Å². The predicted molar refractivity (Wildman–Crippen MR) is 424 cm³/mol. The molecule has 1 atom stereocenters. The Balaban J connectivity index is 0.690. The Hall–Kier alpha value is -14.1. The number of nitrogens with zero attached hydrogens (tertiary/aromatic N) is 6. The molecule has 8 nitrogen and oxygen atoms in total. The molecule has 2 spiro atoms. The lowest BCUT2D eigenvalue weighted by Gasteiger charge is -2.40. The molecular weight excluding hydrogens is 1290 g/mol. The van der Waals surface area contributed by atoms with E-state index in [2.05, 4.69) is 291 Å². The number of para-hydroxylation sites is 3. The molecule has 22 rings (SSSR count). The van der Waals surface area contributed by atoms with Gasteiger partial charge in [0, 0.05) is 61.2 Å². The van der Waals surface area contributed by atoms with Crippen molar-refractivity contribution < 1.29 is 9.47 Å². The van der Waals surface area contributed by atoms with Crippen LogP contribution in [0.5, 0.6) is 23.0 Å². The first-order valence-electron chi connectivity index (χ1n) is 36.0. The molecule has 106 heavy (non-hydrogen) atoms. The third kappa shape index (κ3) is 8.76. The molecule has 4 aliphatic rings. The predicted octanol–water partition coefficient (Wildman–Crippen LogP) is 23.8. The quantitative estimate of drug-likeness (QED) is 0.139. The molecule has 2 aliphatic carbocycles. The Labute approximate surface area is 611 Å². The van der Waals surface area contributed by atoms with Crippen molar-refractivity contribution in [3.63, 3.8) is 0 Å². The zero-order chi connectivity index (χ0) is 69.6. The largest absolute Gasteiger partial charge is 0.457 e. The van der Waals surface area contributed by atoms with Crippen molar-refractivity contribution in [1.29, 1.82) is 0 Å². The topological polar surface area (TPSA) is 95.8 Å². The van der Waals surface area contributed by atoms with Crippen LogP contribution in [0.4, 0.5) is 0 Å². The highest BCUT2D eigenvalue weighted by Gasteiger charge is 2.54. The van der Waals surface area contributed by atoms with E-state index in [1.54, 1.807) is 0 Å². The summed E-state index contributed by atoms with van der Waals surface area (Å²) in [6, 6.07) is 125. The van der Waals surface area contributed by atoms with Crippen LogP contribution >= 0.6 is 0 Å². The summed E-state index contributed by atoms with van der Waals surface area (Å²) in [5.74, 6) is 6.63. The van der Waals surface area contributed by atoms with Gasteiger partial charge in [-0.25, -0.2) is 29.9 Å². The van der Waals surface area contributed by atoms with Crippen LogP contribution in [0.15, 0.2) is 352 Å². The van der Waals surface area contributed by atoms with E-state index in [-0.39, 0.29) is 0 Å². The van der Waals surface area contributed by atoms with Crippen LogP contribution in [0.1, 0.15) is 44.5 Å². The van der Waals surface area contributed by atoms with Gasteiger partial charge in [-0.1, -0.05) is 315 Å². The summed E-state index contributed by atoms with van der Waals surface area (Å²) < 4.78 is 14.2. The normalized spacial score (nSPS) is 14.3. The molecule has 0 saturated heterocycles. The Bertz CT molecular complexity index is 6590. The molecule has 0 radical (unpaired) electrons. The Kier molecular flexibility index (Phi) is 13.1. The van der Waals surface area contributed by atoms with E-state index in [0.29, 0.717) is 34.9 Å². The Morgan fingerprint density at radius 3 is 1.16 bits per heavy atom. The van der Waals surface area contributed by atoms with Crippen LogP contribution in [0.25, 0.3) is 145 Å². The van der Waals surface area contributed by atoms with Crippen molar-refractivity contribution in [1.82, 2.24) is 29.9 Å². The van der Waals surface area contributed by atoms with Crippen molar-refractivity contribution in [2.75, 3.05) is 0 Å². The molecule has 0 bridgehead atoms. The lowest BCUT2D eigenvalue weighted by molar-refractivity contribution is 0.437. The molecule has 8 heteroatoms. The van der Waals surface area contributed by atoms with Crippen molar-refractivity contribution in [3.8, 4) is 136 Å². The highest BCUT2D eigenvalue weighted by molar-refractivity contribution is 6.25. The second kappa shape index (κ2) is 23.2. The summed E-state index contributed by atoms with van der Waals surface area (Å²) in [5, 5.41) is 7.10. The summed E-state index contributed by atoms with van der Waals surface area (Å²) in [6.45, 7) is 0. The molecule has 0 saturated carbocycles. The van der Waals surface area contributed by atoms with Crippen LogP contribution in [-0.2, 0) is 10.8 Å². The van der Waals surface area contributed by atoms with Gasteiger partial charge in [0.25, 0.3) is 0 Å². The first-order valence-corrected chi connectivity index (χ1v) is 36.0. The van der Waals surface area contributed by atoms with Crippen LogP contribution in [-0.4, -0.2) is 29.9 Å². The third-order valence-corrected chi connectivity index (χ3v) is 22.3. The molecule has 0 amide bonds. The van der Waals surface area contributed by atoms with Crippen LogP contribution in [0, 0.1) is 0 Å². The van der Waals surface area contributed by atoms with E-state index in [1.165, 1.54) is 49.2 Å². The zero-order valence-electron chi connectivity index (χ0n) is 57.0. The Morgan fingerprint density at radius 1 is 0.179 bits per heavy atom.